The fourth-order valence-electron chi connectivity index (χ4n) is 2.22. The Morgan fingerprint density at radius 3 is 2.80 bits per heavy atom. The molecule has 3 amide bonds. The highest BCUT2D eigenvalue weighted by atomic mass is 16.2. The topological polar surface area (TPSA) is 92.5 Å². The van der Waals surface area contributed by atoms with Gasteiger partial charge in [-0.2, -0.15) is 0 Å². The van der Waals surface area contributed by atoms with E-state index in [1.54, 1.807) is 19.1 Å². The van der Waals surface area contributed by atoms with Crippen molar-refractivity contribution < 1.29 is 14.4 Å². The predicted molar refractivity (Wildman–Crippen MR) is 72.8 cm³/mol. The number of piperazine rings is 1. The van der Waals surface area contributed by atoms with Crippen LogP contribution in [0.15, 0.2) is 24.3 Å². The minimum Gasteiger partial charge on any atom is -0.330 e. The maximum Gasteiger partial charge on any atom is 0.255 e. The summed E-state index contributed by atoms with van der Waals surface area (Å²) in [7, 11) is 0. The van der Waals surface area contributed by atoms with Gasteiger partial charge in [0.1, 0.15) is 12.6 Å². The van der Waals surface area contributed by atoms with Gasteiger partial charge in [-0.05, 0) is 31.5 Å². The lowest BCUT2D eigenvalue weighted by atomic mass is 10.0. The van der Waals surface area contributed by atoms with Gasteiger partial charge >= 0.3 is 0 Å². The number of hydrogen-bond donors (Lipinski definition) is 2. The molecule has 1 aliphatic heterocycles. The second kappa shape index (κ2) is 5.83. The van der Waals surface area contributed by atoms with Crippen molar-refractivity contribution in [3.63, 3.8) is 0 Å². The van der Waals surface area contributed by atoms with Gasteiger partial charge in [0.2, 0.25) is 11.8 Å². The summed E-state index contributed by atoms with van der Waals surface area (Å²) < 4.78 is 0. The Balaban J connectivity index is 2.30. The van der Waals surface area contributed by atoms with Crippen molar-refractivity contribution in [3.05, 3.63) is 35.4 Å². The standard InChI is InChI=1S/C14H17N3O3/c1-9-13(19)16-12(18)8-17(9)14(20)11-5-3-2-4-10(11)6-7-15/h2-5,9H,6-8,15H2,1H3,(H,16,18,19). The third kappa shape index (κ3) is 2.70. The van der Waals surface area contributed by atoms with Crippen LogP contribution in [0.2, 0.25) is 0 Å². The zero-order valence-corrected chi connectivity index (χ0v) is 11.3. The van der Waals surface area contributed by atoms with Crippen LogP contribution in [0.25, 0.3) is 0 Å². The van der Waals surface area contributed by atoms with Crippen LogP contribution >= 0.6 is 0 Å². The molecule has 3 N–H and O–H groups in total. The molecule has 1 saturated heterocycles. The number of carbonyl (C=O) groups is 3. The molecule has 6 nitrogen and oxygen atoms in total. The molecule has 0 radical (unpaired) electrons. The van der Waals surface area contributed by atoms with E-state index in [-0.39, 0.29) is 12.5 Å². The first-order chi connectivity index (χ1) is 9.54. The number of imide groups is 1. The zero-order chi connectivity index (χ0) is 14.7. The Morgan fingerprint density at radius 1 is 1.40 bits per heavy atom. The van der Waals surface area contributed by atoms with Crippen molar-refractivity contribution in [1.82, 2.24) is 10.2 Å². The van der Waals surface area contributed by atoms with Crippen molar-refractivity contribution in [1.29, 1.82) is 0 Å². The minimum atomic E-state index is -0.661. The lowest BCUT2D eigenvalue weighted by Gasteiger charge is -2.32. The number of benzene rings is 1. The molecule has 0 aromatic heterocycles. The minimum absolute atomic E-state index is 0.108. The summed E-state index contributed by atoms with van der Waals surface area (Å²) in [4.78, 5) is 36.9. The molecule has 2 rings (SSSR count). The Kier molecular flexibility index (Phi) is 4.14. The van der Waals surface area contributed by atoms with Crippen LogP contribution in [0.3, 0.4) is 0 Å². The molecule has 1 aliphatic rings. The average Bonchev–Trinajstić information content (AvgIpc) is 2.43. The van der Waals surface area contributed by atoms with Crippen LogP contribution in [0, 0.1) is 0 Å². The number of hydrogen-bond acceptors (Lipinski definition) is 4. The SMILES string of the molecule is CC1C(=O)NC(=O)CN1C(=O)c1ccccc1CCN. The molecule has 0 bridgehead atoms. The fourth-order valence-corrected chi connectivity index (χ4v) is 2.22. The third-order valence-electron chi connectivity index (χ3n) is 3.35. The van der Waals surface area contributed by atoms with E-state index in [1.165, 1.54) is 4.90 Å². The van der Waals surface area contributed by atoms with Gasteiger partial charge in [0.15, 0.2) is 0 Å². The van der Waals surface area contributed by atoms with Crippen molar-refractivity contribution in [2.24, 2.45) is 5.73 Å². The lowest BCUT2D eigenvalue weighted by Crippen LogP contribution is -2.58. The first-order valence-electron chi connectivity index (χ1n) is 6.47. The highest BCUT2D eigenvalue weighted by Gasteiger charge is 2.34. The second-order valence-corrected chi connectivity index (χ2v) is 4.72. The summed E-state index contributed by atoms with van der Waals surface area (Å²) in [6.07, 6.45) is 0.574. The molecule has 1 unspecified atom stereocenters. The largest absolute Gasteiger partial charge is 0.330 e. The zero-order valence-electron chi connectivity index (χ0n) is 11.3. The van der Waals surface area contributed by atoms with E-state index >= 15 is 0 Å². The molecule has 1 aromatic rings. The van der Waals surface area contributed by atoms with E-state index in [4.69, 9.17) is 5.73 Å². The van der Waals surface area contributed by atoms with Gasteiger partial charge in [0.05, 0.1) is 0 Å². The molecular weight excluding hydrogens is 258 g/mol. The van der Waals surface area contributed by atoms with Crippen LogP contribution in [-0.4, -0.2) is 41.8 Å². The van der Waals surface area contributed by atoms with Crippen molar-refractivity contribution in [2.75, 3.05) is 13.1 Å². The molecule has 0 saturated carbocycles. The molecule has 1 atom stereocenters. The summed E-state index contributed by atoms with van der Waals surface area (Å²) >= 11 is 0. The van der Waals surface area contributed by atoms with Gasteiger partial charge < -0.3 is 10.6 Å². The van der Waals surface area contributed by atoms with E-state index in [1.807, 2.05) is 12.1 Å². The Labute approximate surface area is 116 Å². The summed E-state index contributed by atoms with van der Waals surface area (Å²) in [6, 6.07) is 6.45. The van der Waals surface area contributed by atoms with Crippen LogP contribution < -0.4 is 11.1 Å². The summed E-state index contributed by atoms with van der Waals surface area (Å²) in [5, 5.41) is 2.21. The maximum absolute atomic E-state index is 12.5. The smallest absolute Gasteiger partial charge is 0.255 e. The molecular formula is C14H17N3O3. The average molecular weight is 275 g/mol. The van der Waals surface area contributed by atoms with E-state index in [9.17, 15) is 14.4 Å². The first kappa shape index (κ1) is 14.2. The molecule has 20 heavy (non-hydrogen) atoms. The maximum atomic E-state index is 12.5. The highest BCUT2D eigenvalue weighted by Crippen LogP contribution is 2.15. The number of nitrogens with one attached hydrogen (secondary N) is 1. The van der Waals surface area contributed by atoms with E-state index in [0.29, 0.717) is 18.5 Å². The van der Waals surface area contributed by atoms with E-state index < -0.39 is 17.9 Å². The van der Waals surface area contributed by atoms with Crippen molar-refractivity contribution in [2.45, 2.75) is 19.4 Å². The molecule has 106 valence electrons. The number of rotatable bonds is 3. The Hall–Kier alpha value is -2.21. The number of nitrogens with zero attached hydrogens (tertiary/aromatic N) is 1. The van der Waals surface area contributed by atoms with Gasteiger partial charge in [0.25, 0.3) is 5.91 Å². The number of nitrogens with two attached hydrogens (primary N) is 1. The van der Waals surface area contributed by atoms with Gasteiger partial charge in [-0.1, -0.05) is 18.2 Å². The van der Waals surface area contributed by atoms with Crippen LogP contribution in [0.4, 0.5) is 0 Å². The van der Waals surface area contributed by atoms with Gasteiger partial charge in [-0.25, -0.2) is 0 Å². The van der Waals surface area contributed by atoms with Crippen LogP contribution in [0.1, 0.15) is 22.8 Å². The lowest BCUT2D eigenvalue weighted by molar-refractivity contribution is -0.138. The Bertz CT molecular complexity index is 556. The quantitative estimate of drug-likeness (QED) is 0.739. The normalized spacial score (nSPS) is 18.9. The second-order valence-electron chi connectivity index (χ2n) is 4.72. The predicted octanol–water partition coefficient (Wildman–Crippen LogP) is -0.325. The summed E-state index contributed by atoms with van der Waals surface area (Å²) in [5.41, 5.74) is 6.85. The van der Waals surface area contributed by atoms with E-state index in [2.05, 4.69) is 5.32 Å². The van der Waals surface area contributed by atoms with Crippen LogP contribution in [0.5, 0.6) is 0 Å². The van der Waals surface area contributed by atoms with Crippen molar-refractivity contribution in [3.8, 4) is 0 Å². The highest BCUT2D eigenvalue weighted by molar-refractivity contribution is 6.07. The molecule has 0 spiro atoms. The molecule has 1 aromatic carbocycles. The molecule has 1 heterocycles. The first-order valence-corrected chi connectivity index (χ1v) is 6.47. The van der Waals surface area contributed by atoms with E-state index in [0.717, 1.165) is 5.56 Å². The third-order valence-corrected chi connectivity index (χ3v) is 3.35. The van der Waals surface area contributed by atoms with Gasteiger partial charge in [-0.15, -0.1) is 0 Å². The molecule has 0 aliphatic carbocycles. The monoisotopic (exact) mass is 275 g/mol. The summed E-state index contributed by atoms with van der Waals surface area (Å²) in [5.74, 6) is -1.23. The van der Waals surface area contributed by atoms with Crippen LogP contribution in [-0.2, 0) is 16.0 Å². The number of carbonyl (C=O) groups excluding carboxylic acids is 3. The van der Waals surface area contributed by atoms with Crippen molar-refractivity contribution >= 4 is 17.7 Å². The van der Waals surface area contributed by atoms with Gasteiger partial charge in [-0.3, -0.25) is 19.7 Å². The Morgan fingerprint density at radius 2 is 2.10 bits per heavy atom. The molecule has 1 fully saturated rings. The van der Waals surface area contributed by atoms with Gasteiger partial charge in [0, 0.05) is 5.56 Å². The number of amides is 3. The fraction of sp³-hybridized carbons (Fsp3) is 0.357. The molecule has 6 heteroatoms. The summed E-state index contributed by atoms with van der Waals surface area (Å²) in [6.45, 7) is 1.92.